The summed E-state index contributed by atoms with van der Waals surface area (Å²) >= 11 is 5.88. The SMILES string of the molecule is COC(c1ccc(Cl)cc1)C(C)NC(=O)NCC(C)CCO. The van der Waals surface area contributed by atoms with E-state index in [1.54, 1.807) is 19.2 Å². The van der Waals surface area contributed by atoms with Gasteiger partial charge in [-0.2, -0.15) is 0 Å². The first-order chi connectivity index (χ1) is 10.5. The monoisotopic (exact) mass is 328 g/mol. The van der Waals surface area contributed by atoms with Crippen LogP contribution < -0.4 is 10.6 Å². The first kappa shape index (κ1) is 18.7. The number of hydrogen-bond donors (Lipinski definition) is 3. The molecule has 3 unspecified atom stereocenters. The summed E-state index contributed by atoms with van der Waals surface area (Å²) in [6.45, 7) is 4.52. The highest BCUT2D eigenvalue weighted by Crippen LogP contribution is 2.22. The molecular formula is C16H25ClN2O3. The van der Waals surface area contributed by atoms with Crippen molar-refractivity contribution in [3.63, 3.8) is 0 Å². The van der Waals surface area contributed by atoms with Gasteiger partial charge in [-0.25, -0.2) is 4.79 Å². The molecule has 5 nitrogen and oxygen atoms in total. The van der Waals surface area contributed by atoms with E-state index < -0.39 is 0 Å². The molecule has 0 aliphatic carbocycles. The normalized spacial score (nSPS) is 15.0. The van der Waals surface area contributed by atoms with Crippen molar-refractivity contribution in [2.45, 2.75) is 32.4 Å². The largest absolute Gasteiger partial charge is 0.396 e. The van der Waals surface area contributed by atoms with Gasteiger partial charge in [0.15, 0.2) is 0 Å². The van der Waals surface area contributed by atoms with Crippen molar-refractivity contribution >= 4 is 17.6 Å². The molecule has 0 aliphatic heterocycles. The summed E-state index contributed by atoms with van der Waals surface area (Å²) in [5.74, 6) is 0.237. The van der Waals surface area contributed by atoms with Crippen LogP contribution in [0.25, 0.3) is 0 Å². The molecule has 0 saturated heterocycles. The van der Waals surface area contributed by atoms with Gasteiger partial charge in [-0.15, -0.1) is 0 Å². The number of methoxy groups -OCH3 is 1. The van der Waals surface area contributed by atoms with Crippen LogP contribution in [0.5, 0.6) is 0 Å². The molecule has 0 spiro atoms. The fraction of sp³-hybridized carbons (Fsp3) is 0.562. The van der Waals surface area contributed by atoms with E-state index in [2.05, 4.69) is 10.6 Å². The Morgan fingerprint density at radius 3 is 2.50 bits per heavy atom. The van der Waals surface area contributed by atoms with Gasteiger partial charge < -0.3 is 20.5 Å². The third-order valence-electron chi connectivity index (χ3n) is 3.50. The third-order valence-corrected chi connectivity index (χ3v) is 3.75. The van der Waals surface area contributed by atoms with E-state index in [4.69, 9.17) is 21.4 Å². The molecule has 124 valence electrons. The fourth-order valence-corrected chi connectivity index (χ4v) is 2.33. The van der Waals surface area contributed by atoms with Crippen LogP contribution in [-0.2, 0) is 4.74 Å². The van der Waals surface area contributed by atoms with Crippen molar-refractivity contribution in [1.29, 1.82) is 0 Å². The average Bonchev–Trinajstić information content (AvgIpc) is 2.48. The van der Waals surface area contributed by atoms with Crippen LogP contribution in [0.3, 0.4) is 0 Å². The lowest BCUT2D eigenvalue weighted by atomic mass is 10.0. The lowest BCUT2D eigenvalue weighted by molar-refractivity contribution is 0.0761. The number of urea groups is 1. The lowest BCUT2D eigenvalue weighted by Gasteiger charge is -2.24. The van der Waals surface area contributed by atoms with Gasteiger partial charge >= 0.3 is 6.03 Å². The maximum atomic E-state index is 11.9. The van der Waals surface area contributed by atoms with Crippen LogP contribution in [0.4, 0.5) is 4.79 Å². The predicted molar refractivity (Wildman–Crippen MR) is 88.1 cm³/mol. The maximum absolute atomic E-state index is 11.9. The Kier molecular flexibility index (Phi) is 8.24. The molecule has 0 aliphatic rings. The Morgan fingerprint density at radius 1 is 1.32 bits per heavy atom. The number of rotatable bonds is 8. The zero-order valence-corrected chi connectivity index (χ0v) is 14.1. The molecular weight excluding hydrogens is 304 g/mol. The highest BCUT2D eigenvalue weighted by molar-refractivity contribution is 6.30. The average molecular weight is 329 g/mol. The number of halogens is 1. The summed E-state index contributed by atoms with van der Waals surface area (Å²) in [6.07, 6.45) is 0.416. The molecule has 0 fully saturated rings. The minimum absolute atomic E-state index is 0.128. The van der Waals surface area contributed by atoms with Gasteiger partial charge in [-0.1, -0.05) is 30.7 Å². The number of amides is 2. The van der Waals surface area contributed by atoms with E-state index in [1.807, 2.05) is 26.0 Å². The Labute approximate surface area is 137 Å². The zero-order valence-electron chi connectivity index (χ0n) is 13.3. The van der Waals surface area contributed by atoms with Crippen LogP contribution in [0.2, 0.25) is 5.02 Å². The second-order valence-electron chi connectivity index (χ2n) is 5.47. The number of ether oxygens (including phenoxy) is 1. The number of aliphatic hydroxyl groups is 1. The molecule has 3 atom stereocenters. The van der Waals surface area contributed by atoms with Gasteiger partial charge in [-0.3, -0.25) is 0 Å². The molecule has 1 aromatic rings. The molecule has 0 heterocycles. The van der Waals surface area contributed by atoms with Gasteiger partial charge in [-0.05, 0) is 37.0 Å². The molecule has 0 aromatic heterocycles. The Hall–Kier alpha value is -1.30. The Bertz CT molecular complexity index is 453. The highest BCUT2D eigenvalue weighted by Gasteiger charge is 2.20. The fourth-order valence-electron chi connectivity index (χ4n) is 2.20. The van der Waals surface area contributed by atoms with Crippen molar-refractivity contribution in [3.8, 4) is 0 Å². The second kappa shape index (κ2) is 9.66. The van der Waals surface area contributed by atoms with Crippen LogP contribution in [0.15, 0.2) is 24.3 Å². The van der Waals surface area contributed by atoms with E-state index in [1.165, 1.54) is 0 Å². The Balaban J connectivity index is 2.52. The maximum Gasteiger partial charge on any atom is 0.315 e. The Morgan fingerprint density at radius 2 is 1.95 bits per heavy atom. The van der Waals surface area contributed by atoms with Gasteiger partial charge in [0.1, 0.15) is 6.10 Å². The molecule has 1 rings (SSSR count). The first-order valence-electron chi connectivity index (χ1n) is 7.41. The molecule has 0 bridgehead atoms. The molecule has 0 saturated carbocycles. The highest BCUT2D eigenvalue weighted by atomic mass is 35.5. The molecule has 2 amide bonds. The number of hydrogen-bond acceptors (Lipinski definition) is 3. The minimum Gasteiger partial charge on any atom is -0.396 e. The van der Waals surface area contributed by atoms with Crippen LogP contribution >= 0.6 is 11.6 Å². The van der Waals surface area contributed by atoms with E-state index in [-0.39, 0.29) is 30.7 Å². The van der Waals surface area contributed by atoms with Gasteiger partial charge in [0.25, 0.3) is 0 Å². The summed E-state index contributed by atoms with van der Waals surface area (Å²) in [5, 5.41) is 15.2. The van der Waals surface area contributed by atoms with E-state index in [0.717, 1.165) is 5.56 Å². The topological polar surface area (TPSA) is 70.6 Å². The van der Waals surface area contributed by atoms with Crippen molar-refractivity contribution in [2.75, 3.05) is 20.3 Å². The van der Waals surface area contributed by atoms with Crippen LogP contribution in [0.1, 0.15) is 31.9 Å². The smallest absolute Gasteiger partial charge is 0.315 e. The summed E-state index contributed by atoms with van der Waals surface area (Å²) in [6, 6.07) is 6.93. The van der Waals surface area contributed by atoms with E-state index in [9.17, 15) is 4.79 Å². The second-order valence-corrected chi connectivity index (χ2v) is 5.90. The van der Waals surface area contributed by atoms with Gasteiger partial charge in [0.2, 0.25) is 0 Å². The molecule has 6 heteroatoms. The molecule has 3 N–H and O–H groups in total. The summed E-state index contributed by atoms with van der Waals surface area (Å²) in [5.41, 5.74) is 0.952. The van der Waals surface area contributed by atoms with Crippen molar-refractivity contribution in [3.05, 3.63) is 34.9 Å². The predicted octanol–water partition coefficient (Wildman–Crippen LogP) is 2.73. The number of carbonyl (C=O) groups is 1. The number of benzene rings is 1. The minimum atomic E-state index is -0.252. The standard InChI is InChI=1S/C16H25ClN2O3/c1-11(8-9-20)10-18-16(21)19-12(2)15(22-3)13-4-6-14(17)7-5-13/h4-7,11-12,15,20H,8-10H2,1-3H3,(H2,18,19,21). The quantitative estimate of drug-likeness (QED) is 0.687. The summed E-state index contributed by atoms with van der Waals surface area (Å²) in [7, 11) is 1.61. The van der Waals surface area contributed by atoms with Crippen molar-refractivity contribution in [1.82, 2.24) is 10.6 Å². The molecule has 1 aromatic carbocycles. The van der Waals surface area contributed by atoms with Crippen LogP contribution in [-0.4, -0.2) is 37.4 Å². The van der Waals surface area contributed by atoms with Crippen molar-refractivity contribution < 1.29 is 14.6 Å². The lowest BCUT2D eigenvalue weighted by Crippen LogP contribution is -2.45. The van der Waals surface area contributed by atoms with Crippen molar-refractivity contribution in [2.24, 2.45) is 5.92 Å². The number of nitrogens with one attached hydrogen (secondary N) is 2. The molecule has 22 heavy (non-hydrogen) atoms. The number of aliphatic hydroxyl groups excluding tert-OH is 1. The summed E-state index contributed by atoms with van der Waals surface area (Å²) in [4.78, 5) is 11.9. The zero-order chi connectivity index (χ0) is 16.5. The van der Waals surface area contributed by atoms with E-state index >= 15 is 0 Å². The van der Waals surface area contributed by atoms with Crippen LogP contribution in [0, 0.1) is 5.92 Å². The summed E-state index contributed by atoms with van der Waals surface area (Å²) < 4.78 is 5.48. The van der Waals surface area contributed by atoms with E-state index in [0.29, 0.717) is 18.0 Å². The van der Waals surface area contributed by atoms with Gasteiger partial charge in [0, 0.05) is 25.3 Å². The third kappa shape index (κ3) is 6.22. The van der Waals surface area contributed by atoms with Gasteiger partial charge in [0.05, 0.1) is 6.04 Å². The molecule has 0 radical (unpaired) electrons. The number of carbonyl (C=O) groups excluding carboxylic acids is 1. The first-order valence-corrected chi connectivity index (χ1v) is 7.79.